The fourth-order valence-corrected chi connectivity index (χ4v) is 1.47. The Kier molecular flexibility index (Phi) is 4.06. The third-order valence-electron chi connectivity index (χ3n) is 2.71. The smallest absolute Gasteiger partial charge is 0.237 e. The maximum atomic E-state index is 11.1. The van der Waals surface area contributed by atoms with Gasteiger partial charge in [0, 0.05) is 25.4 Å². The lowest BCUT2D eigenvalue weighted by Gasteiger charge is -2.20. The lowest BCUT2D eigenvalue weighted by molar-refractivity contribution is -0.122. The van der Waals surface area contributed by atoms with Gasteiger partial charge in [0.15, 0.2) is 0 Å². The van der Waals surface area contributed by atoms with Crippen molar-refractivity contribution in [2.45, 2.75) is 45.2 Å². The molecular weight excluding hydrogens is 204 g/mol. The van der Waals surface area contributed by atoms with E-state index in [0.717, 1.165) is 18.7 Å². The van der Waals surface area contributed by atoms with E-state index in [0.29, 0.717) is 13.0 Å². The van der Waals surface area contributed by atoms with Crippen molar-refractivity contribution < 1.29 is 4.79 Å². The molecule has 1 heterocycles. The van der Waals surface area contributed by atoms with Crippen molar-refractivity contribution >= 4 is 5.91 Å². The average Bonchev–Trinajstić information content (AvgIpc) is 2.63. The molecule has 1 aromatic heterocycles. The van der Waals surface area contributed by atoms with Crippen LogP contribution in [0.3, 0.4) is 0 Å². The predicted octanol–water partition coefficient (Wildman–Crippen LogP) is 0.428. The van der Waals surface area contributed by atoms with Crippen LogP contribution in [0.5, 0.6) is 0 Å². The Labute approximate surface area is 95.8 Å². The van der Waals surface area contributed by atoms with E-state index in [4.69, 9.17) is 11.5 Å². The summed E-state index contributed by atoms with van der Waals surface area (Å²) in [6.45, 7) is 4.44. The molecule has 0 saturated carbocycles. The molecule has 1 atom stereocenters. The van der Waals surface area contributed by atoms with Gasteiger partial charge in [0.05, 0.1) is 5.54 Å². The molecular formula is C11H20N4O. The zero-order valence-electron chi connectivity index (χ0n) is 9.94. The van der Waals surface area contributed by atoms with E-state index in [1.54, 1.807) is 13.1 Å². The highest BCUT2D eigenvalue weighted by molar-refractivity contribution is 5.83. The highest BCUT2D eigenvalue weighted by atomic mass is 16.1. The number of nitrogens with zero attached hydrogens (tertiary/aromatic N) is 2. The number of aryl methyl sites for hydroxylation is 2. The van der Waals surface area contributed by atoms with Crippen molar-refractivity contribution in [3.05, 3.63) is 18.2 Å². The Morgan fingerprint density at radius 3 is 2.88 bits per heavy atom. The van der Waals surface area contributed by atoms with Crippen LogP contribution < -0.4 is 11.5 Å². The van der Waals surface area contributed by atoms with Gasteiger partial charge < -0.3 is 16.0 Å². The number of hydrogen-bond donors (Lipinski definition) is 2. The molecule has 0 saturated heterocycles. The van der Waals surface area contributed by atoms with Gasteiger partial charge in [0.1, 0.15) is 5.82 Å². The molecule has 1 rings (SSSR count). The second-order valence-electron chi connectivity index (χ2n) is 4.32. The molecule has 0 aliphatic heterocycles. The first-order chi connectivity index (χ1) is 7.47. The van der Waals surface area contributed by atoms with Crippen LogP contribution >= 0.6 is 0 Å². The Morgan fingerprint density at radius 2 is 2.31 bits per heavy atom. The summed E-state index contributed by atoms with van der Waals surface area (Å²) in [6, 6.07) is 0. The fraction of sp³-hybridized carbons (Fsp3) is 0.636. The summed E-state index contributed by atoms with van der Waals surface area (Å²) in [6.07, 6.45) is 6.18. The lowest BCUT2D eigenvalue weighted by atomic mass is 9.99. The van der Waals surface area contributed by atoms with Crippen molar-refractivity contribution in [3.8, 4) is 0 Å². The minimum Gasteiger partial charge on any atom is -0.368 e. The summed E-state index contributed by atoms with van der Waals surface area (Å²) >= 11 is 0. The normalized spacial score (nSPS) is 14.7. The maximum Gasteiger partial charge on any atom is 0.237 e. The Morgan fingerprint density at radius 1 is 1.62 bits per heavy atom. The van der Waals surface area contributed by atoms with E-state index >= 15 is 0 Å². The number of nitrogens with two attached hydrogens (primary N) is 2. The van der Waals surface area contributed by atoms with Gasteiger partial charge in [-0.1, -0.05) is 6.92 Å². The van der Waals surface area contributed by atoms with Crippen LogP contribution in [0.2, 0.25) is 0 Å². The number of amides is 1. The van der Waals surface area contributed by atoms with Crippen LogP contribution in [-0.4, -0.2) is 21.0 Å². The molecule has 4 N–H and O–H groups in total. The van der Waals surface area contributed by atoms with Crippen molar-refractivity contribution in [2.24, 2.45) is 11.5 Å². The maximum absolute atomic E-state index is 11.1. The van der Waals surface area contributed by atoms with Crippen molar-refractivity contribution in [1.82, 2.24) is 9.55 Å². The Balaban J connectivity index is 2.60. The van der Waals surface area contributed by atoms with Crippen molar-refractivity contribution in [1.29, 1.82) is 0 Å². The molecule has 5 heteroatoms. The molecule has 5 nitrogen and oxygen atoms in total. The van der Waals surface area contributed by atoms with E-state index in [9.17, 15) is 4.79 Å². The van der Waals surface area contributed by atoms with Gasteiger partial charge in [-0.15, -0.1) is 0 Å². The van der Waals surface area contributed by atoms with Crippen LogP contribution in [0.1, 0.15) is 32.5 Å². The van der Waals surface area contributed by atoms with Gasteiger partial charge in [-0.2, -0.15) is 0 Å². The Hall–Kier alpha value is -1.36. The number of imidazole rings is 1. The van der Waals surface area contributed by atoms with Crippen LogP contribution in [0.15, 0.2) is 12.4 Å². The van der Waals surface area contributed by atoms with Crippen LogP contribution in [0.4, 0.5) is 0 Å². The second-order valence-corrected chi connectivity index (χ2v) is 4.32. The third kappa shape index (κ3) is 3.06. The topological polar surface area (TPSA) is 86.9 Å². The SMILES string of the molecule is CCCc1nccn1CCC(C)(N)C(N)=O. The molecule has 90 valence electrons. The first-order valence-electron chi connectivity index (χ1n) is 5.56. The monoisotopic (exact) mass is 224 g/mol. The summed E-state index contributed by atoms with van der Waals surface area (Å²) in [4.78, 5) is 15.3. The molecule has 1 amide bonds. The fourth-order valence-electron chi connectivity index (χ4n) is 1.47. The second kappa shape index (κ2) is 5.12. The molecule has 0 bridgehead atoms. The number of hydrogen-bond acceptors (Lipinski definition) is 3. The highest BCUT2D eigenvalue weighted by Gasteiger charge is 2.25. The summed E-state index contributed by atoms with van der Waals surface area (Å²) < 4.78 is 2.03. The van der Waals surface area contributed by atoms with Gasteiger partial charge in [0.25, 0.3) is 0 Å². The van der Waals surface area contributed by atoms with E-state index in [-0.39, 0.29) is 0 Å². The largest absolute Gasteiger partial charge is 0.368 e. The molecule has 0 aliphatic carbocycles. The molecule has 0 fully saturated rings. The van der Waals surface area contributed by atoms with Gasteiger partial charge in [-0.05, 0) is 19.8 Å². The van der Waals surface area contributed by atoms with Gasteiger partial charge in [-0.3, -0.25) is 4.79 Å². The minimum absolute atomic E-state index is 0.468. The lowest BCUT2D eigenvalue weighted by Crippen LogP contribution is -2.49. The quantitative estimate of drug-likeness (QED) is 0.734. The summed E-state index contributed by atoms with van der Waals surface area (Å²) in [5, 5.41) is 0. The molecule has 1 unspecified atom stereocenters. The first kappa shape index (κ1) is 12.7. The number of aromatic nitrogens is 2. The van der Waals surface area contributed by atoms with Crippen LogP contribution in [-0.2, 0) is 17.8 Å². The van der Waals surface area contributed by atoms with E-state index in [1.807, 2.05) is 10.8 Å². The van der Waals surface area contributed by atoms with Crippen LogP contribution in [0.25, 0.3) is 0 Å². The van der Waals surface area contributed by atoms with E-state index in [2.05, 4.69) is 11.9 Å². The first-order valence-corrected chi connectivity index (χ1v) is 5.56. The molecule has 0 aromatic carbocycles. The van der Waals surface area contributed by atoms with Gasteiger partial charge in [-0.25, -0.2) is 4.98 Å². The van der Waals surface area contributed by atoms with E-state index < -0.39 is 11.4 Å². The minimum atomic E-state index is -0.951. The van der Waals surface area contributed by atoms with Crippen molar-refractivity contribution in [2.75, 3.05) is 0 Å². The van der Waals surface area contributed by atoms with Gasteiger partial charge >= 0.3 is 0 Å². The van der Waals surface area contributed by atoms with Gasteiger partial charge in [0.2, 0.25) is 5.91 Å². The third-order valence-corrected chi connectivity index (χ3v) is 2.71. The number of carbonyl (C=O) groups is 1. The Bertz CT molecular complexity index is 357. The molecule has 0 radical (unpaired) electrons. The van der Waals surface area contributed by atoms with E-state index in [1.165, 1.54) is 0 Å². The summed E-state index contributed by atoms with van der Waals surface area (Å²) in [5.74, 6) is 0.562. The summed E-state index contributed by atoms with van der Waals surface area (Å²) in [7, 11) is 0. The van der Waals surface area contributed by atoms with Crippen molar-refractivity contribution in [3.63, 3.8) is 0 Å². The zero-order valence-corrected chi connectivity index (χ0v) is 9.94. The zero-order chi connectivity index (χ0) is 12.2. The predicted molar refractivity (Wildman–Crippen MR) is 62.6 cm³/mol. The number of rotatable bonds is 6. The number of carbonyl (C=O) groups excluding carboxylic acids is 1. The average molecular weight is 224 g/mol. The molecule has 16 heavy (non-hydrogen) atoms. The molecule has 0 aliphatic rings. The van der Waals surface area contributed by atoms with Crippen LogP contribution in [0, 0.1) is 0 Å². The summed E-state index contributed by atoms with van der Waals surface area (Å²) in [5.41, 5.74) is 10.1. The highest BCUT2D eigenvalue weighted by Crippen LogP contribution is 2.09. The molecule has 0 spiro atoms. The standard InChI is InChI=1S/C11H20N4O/c1-3-4-9-14-6-8-15(9)7-5-11(2,13)10(12)16/h6,8H,3-5,7,13H2,1-2H3,(H2,12,16). The molecule has 1 aromatic rings. The number of primary amides is 1.